The molecule has 19 heavy (non-hydrogen) atoms. The number of thiazole rings is 2. The summed E-state index contributed by atoms with van der Waals surface area (Å²) in [5.74, 6) is 1.64. The molecule has 0 amide bonds. The summed E-state index contributed by atoms with van der Waals surface area (Å²) in [5.41, 5.74) is 7.73. The smallest absolute Gasteiger partial charge is 0.181 e. The first-order valence-corrected chi connectivity index (χ1v) is 8.24. The standard InChI is InChI=1S/C12H11N3OS3/c1-7-11(19-12(13)14-7)18-6-8-5-17-10(15-8)9-3-2-4-16-9/h2-5H,6H2,1H3,(H2,13,14). The van der Waals surface area contributed by atoms with Gasteiger partial charge in [0.2, 0.25) is 0 Å². The summed E-state index contributed by atoms with van der Waals surface area (Å²) >= 11 is 4.84. The van der Waals surface area contributed by atoms with Gasteiger partial charge in [-0.2, -0.15) is 0 Å². The van der Waals surface area contributed by atoms with Crippen LogP contribution < -0.4 is 5.73 Å². The van der Waals surface area contributed by atoms with Crippen molar-refractivity contribution in [2.75, 3.05) is 5.73 Å². The van der Waals surface area contributed by atoms with Gasteiger partial charge in [0.15, 0.2) is 15.9 Å². The third-order valence-electron chi connectivity index (χ3n) is 2.41. The van der Waals surface area contributed by atoms with Crippen molar-refractivity contribution >= 4 is 39.6 Å². The second kappa shape index (κ2) is 5.36. The number of rotatable bonds is 4. The zero-order valence-corrected chi connectivity index (χ0v) is 12.6. The number of thioether (sulfide) groups is 1. The molecule has 0 aliphatic heterocycles. The van der Waals surface area contributed by atoms with E-state index in [0.29, 0.717) is 5.13 Å². The van der Waals surface area contributed by atoms with Gasteiger partial charge in [-0.15, -0.1) is 23.1 Å². The number of hydrogen-bond donors (Lipinski definition) is 1. The number of aromatic nitrogens is 2. The molecular formula is C12H11N3OS3. The molecule has 0 bridgehead atoms. The Balaban J connectivity index is 1.69. The van der Waals surface area contributed by atoms with E-state index in [9.17, 15) is 0 Å². The highest BCUT2D eigenvalue weighted by molar-refractivity contribution is 8.00. The number of aryl methyl sites for hydroxylation is 1. The van der Waals surface area contributed by atoms with Gasteiger partial charge in [0.1, 0.15) is 0 Å². The molecule has 3 rings (SSSR count). The highest BCUT2D eigenvalue weighted by Gasteiger charge is 2.10. The Labute approximate surface area is 122 Å². The highest BCUT2D eigenvalue weighted by Crippen LogP contribution is 2.33. The van der Waals surface area contributed by atoms with E-state index >= 15 is 0 Å². The van der Waals surface area contributed by atoms with Crippen LogP contribution >= 0.6 is 34.4 Å². The fraction of sp³-hybridized carbons (Fsp3) is 0.167. The summed E-state index contributed by atoms with van der Waals surface area (Å²) in [6.07, 6.45) is 1.66. The van der Waals surface area contributed by atoms with Gasteiger partial charge in [0.05, 0.1) is 21.9 Å². The number of nitrogens with zero attached hydrogens (tertiary/aromatic N) is 2. The summed E-state index contributed by atoms with van der Waals surface area (Å²) < 4.78 is 6.49. The van der Waals surface area contributed by atoms with Crippen molar-refractivity contribution in [2.24, 2.45) is 0 Å². The van der Waals surface area contributed by atoms with Crippen molar-refractivity contribution in [3.63, 3.8) is 0 Å². The van der Waals surface area contributed by atoms with Crippen molar-refractivity contribution in [2.45, 2.75) is 16.9 Å². The molecule has 3 aromatic rings. The minimum absolute atomic E-state index is 0.620. The lowest BCUT2D eigenvalue weighted by atomic mass is 10.5. The second-order valence-electron chi connectivity index (χ2n) is 3.83. The fourth-order valence-corrected chi connectivity index (χ4v) is 4.37. The van der Waals surface area contributed by atoms with Crippen LogP contribution in [0.15, 0.2) is 32.4 Å². The van der Waals surface area contributed by atoms with Crippen LogP contribution in [0, 0.1) is 6.92 Å². The van der Waals surface area contributed by atoms with Crippen LogP contribution in [0.2, 0.25) is 0 Å². The zero-order chi connectivity index (χ0) is 13.2. The van der Waals surface area contributed by atoms with Crippen LogP contribution in [0.3, 0.4) is 0 Å². The lowest BCUT2D eigenvalue weighted by molar-refractivity contribution is 0.581. The summed E-state index contributed by atoms with van der Waals surface area (Å²) in [7, 11) is 0. The molecular weight excluding hydrogens is 298 g/mol. The number of nitrogen functional groups attached to an aromatic ring is 1. The summed E-state index contributed by atoms with van der Waals surface area (Å²) in [6.45, 7) is 1.98. The maximum absolute atomic E-state index is 5.68. The fourth-order valence-electron chi connectivity index (χ4n) is 1.56. The van der Waals surface area contributed by atoms with E-state index in [1.807, 2.05) is 19.1 Å². The maximum Gasteiger partial charge on any atom is 0.181 e. The Morgan fingerprint density at radius 3 is 3.00 bits per heavy atom. The van der Waals surface area contributed by atoms with E-state index in [1.54, 1.807) is 29.4 Å². The van der Waals surface area contributed by atoms with Crippen molar-refractivity contribution in [3.05, 3.63) is 35.2 Å². The molecule has 2 N–H and O–H groups in total. The van der Waals surface area contributed by atoms with Crippen molar-refractivity contribution in [3.8, 4) is 10.8 Å². The van der Waals surface area contributed by atoms with Gasteiger partial charge in [-0.25, -0.2) is 9.97 Å². The molecule has 0 atom stereocenters. The van der Waals surface area contributed by atoms with Crippen molar-refractivity contribution in [1.82, 2.24) is 9.97 Å². The van der Waals surface area contributed by atoms with E-state index in [2.05, 4.69) is 15.3 Å². The molecule has 0 spiro atoms. The van der Waals surface area contributed by atoms with Crippen LogP contribution in [0.4, 0.5) is 5.13 Å². The monoisotopic (exact) mass is 309 g/mol. The average molecular weight is 309 g/mol. The Morgan fingerprint density at radius 2 is 2.32 bits per heavy atom. The van der Waals surface area contributed by atoms with Crippen LogP contribution in [-0.2, 0) is 5.75 Å². The number of furan rings is 1. The molecule has 3 aromatic heterocycles. The quantitative estimate of drug-likeness (QED) is 0.737. The Morgan fingerprint density at radius 1 is 1.42 bits per heavy atom. The lowest BCUT2D eigenvalue weighted by Crippen LogP contribution is -1.82. The third-order valence-corrected chi connectivity index (χ3v) is 5.69. The summed E-state index contributed by atoms with van der Waals surface area (Å²) in [6, 6.07) is 3.79. The minimum atomic E-state index is 0.620. The molecule has 98 valence electrons. The van der Waals surface area contributed by atoms with Crippen LogP contribution in [0.25, 0.3) is 10.8 Å². The zero-order valence-electron chi connectivity index (χ0n) is 10.1. The van der Waals surface area contributed by atoms with Gasteiger partial charge in [-0.1, -0.05) is 11.3 Å². The molecule has 0 aromatic carbocycles. The van der Waals surface area contributed by atoms with Gasteiger partial charge in [-0.3, -0.25) is 0 Å². The largest absolute Gasteiger partial charge is 0.462 e. The van der Waals surface area contributed by atoms with E-state index in [0.717, 1.165) is 32.1 Å². The Kier molecular flexibility index (Phi) is 3.58. The van der Waals surface area contributed by atoms with E-state index in [4.69, 9.17) is 10.2 Å². The van der Waals surface area contributed by atoms with E-state index in [1.165, 1.54) is 11.3 Å². The first kappa shape index (κ1) is 12.7. The van der Waals surface area contributed by atoms with Crippen LogP contribution in [0.1, 0.15) is 11.4 Å². The van der Waals surface area contributed by atoms with Crippen molar-refractivity contribution in [1.29, 1.82) is 0 Å². The highest BCUT2D eigenvalue weighted by atomic mass is 32.2. The van der Waals surface area contributed by atoms with Crippen LogP contribution in [0.5, 0.6) is 0 Å². The second-order valence-corrected chi connectivity index (χ2v) is 6.97. The van der Waals surface area contributed by atoms with Crippen molar-refractivity contribution < 1.29 is 4.42 Å². The molecule has 0 unspecified atom stereocenters. The number of hydrogen-bond acceptors (Lipinski definition) is 7. The molecule has 4 nitrogen and oxygen atoms in total. The summed E-state index contributed by atoms with van der Waals surface area (Å²) in [4.78, 5) is 8.77. The Hall–Kier alpha value is -1.31. The molecule has 0 fully saturated rings. The van der Waals surface area contributed by atoms with Gasteiger partial charge < -0.3 is 10.2 Å². The predicted octanol–water partition coefficient (Wildman–Crippen LogP) is 4.04. The first-order valence-electron chi connectivity index (χ1n) is 5.56. The van der Waals surface area contributed by atoms with Gasteiger partial charge in [-0.05, 0) is 19.1 Å². The normalized spacial score (nSPS) is 11.0. The SMILES string of the molecule is Cc1nc(N)sc1SCc1csc(-c2ccco2)n1. The topological polar surface area (TPSA) is 64.9 Å². The molecule has 0 saturated carbocycles. The third kappa shape index (κ3) is 2.83. The van der Waals surface area contributed by atoms with Crippen LogP contribution in [-0.4, -0.2) is 9.97 Å². The average Bonchev–Trinajstić information content (AvgIpc) is 3.07. The molecule has 0 radical (unpaired) electrons. The summed E-state index contributed by atoms with van der Waals surface area (Å²) in [5, 5.41) is 3.60. The van der Waals surface area contributed by atoms with Gasteiger partial charge in [0, 0.05) is 11.1 Å². The minimum Gasteiger partial charge on any atom is -0.462 e. The number of nitrogens with two attached hydrogens (primary N) is 1. The maximum atomic E-state index is 5.68. The number of anilines is 1. The first-order chi connectivity index (χ1) is 9.22. The predicted molar refractivity (Wildman–Crippen MR) is 80.6 cm³/mol. The van der Waals surface area contributed by atoms with E-state index in [-0.39, 0.29) is 0 Å². The van der Waals surface area contributed by atoms with Gasteiger partial charge in [0.25, 0.3) is 0 Å². The molecule has 0 saturated heterocycles. The Bertz CT molecular complexity index is 672. The molecule has 3 heterocycles. The molecule has 0 aliphatic rings. The molecule has 0 aliphatic carbocycles. The van der Waals surface area contributed by atoms with E-state index < -0.39 is 0 Å². The molecule has 7 heteroatoms. The lowest BCUT2D eigenvalue weighted by Gasteiger charge is -1.95. The van der Waals surface area contributed by atoms with Gasteiger partial charge >= 0.3 is 0 Å².